The molecule has 0 radical (unpaired) electrons. The molecular formula is C47H36N4O. The monoisotopic (exact) mass is 672 g/mol. The molecule has 8 bridgehead atoms. The van der Waals surface area contributed by atoms with Gasteiger partial charge in [0.1, 0.15) is 0 Å². The quantitative estimate of drug-likeness (QED) is 0.177. The molecule has 2 aliphatic heterocycles. The summed E-state index contributed by atoms with van der Waals surface area (Å²) in [6, 6.07) is 48.8. The van der Waals surface area contributed by atoms with Crippen LogP contribution in [0.25, 0.3) is 90.9 Å². The first-order valence-electron chi connectivity index (χ1n) is 17.7. The Kier molecular flexibility index (Phi) is 8.24. The normalized spacial score (nSPS) is 12.0. The second-order valence-corrected chi connectivity index (χ2v) is 12.9. The van der Waals surface area contributed by atoms with Crippen LogP contribution in [0.5, 0.6) is 0 Å². The van der Waals surface area contributed by atoms with E-state index in [1.54, 1.807) is 0 Å². The zero-order valence-corrected chi connectivity index (χ0v) is 28.8. The van der Waals surface area contributed by atoms with Crippen LogP contribution in [0.2, 0.25) is 0 Å². The summed E-state index contributed by atoms with van der Waals surface area (Å²) < 4.78 is 5.70. The van der Waals surface area contributed by atoms with E-state index in [0.29, 0.717) is 13.2 Å². The highest BCUT2D eigenvalue weighted by atomic mass is 16.5. The second-order valence-electron chi connectivity index (χ2n) is 12.9. The first-order valence-corrected chi connectivity index (χ1v) is 17.7. The lowest BCUT2D eigenvalue weighted by molar-refractivity contribution is 0.134. The molecule has 0 unspecified atom stereocenters. The third-order valence-corrected chi connectivity index (χ3v) is 9.66. The van der Waals surface area contributed by atoms with Gasteiger partial charge in [-0.2, -0.15) is 0 Å². The number of aromatic amines is 2. The van der Waals surface area contributed by atoms with Crippen molar-refractivity contribution in [3.05, 3.63) is 168 Å². The van der Waals surface area contributed by atoms with Crippen LogP contribution in [-0.4, -0.2) is 26.5 Å². The van der Waals surface area contributed by atoms with Gasteiger partial charge >= 0.3 is 0 Å². The van der Waals surface area contributed by atoms with Crippen molar-refractivity contribution in [1.82, 2.24) is 19.9 Å². The summed E-state index contributed by atoms with van der Waals surface area (Å²) >= 11 is 0. The highest BCUT2D eigenvalue weighted by molar-refractivity contribution is 6.00. The summed E-state index contributed by atoms with van der Waals surface area (Å²) in [4.78, 5) is 18.4. The Morgan fingerprint density at radius 2 is 0.769 bits per heavy atom. The van der Waals surface area contributed by atoms with Crippen molar-refractivity contribution in [3.8, 4) is 44.5 Å². The van der Waals surface area contributed by atoms with Gasteiger partial charge in [-0.1, -0.05) is 115 Å². The van der Waals surface area contributed by atoms with Crippen molar-refractivity contribution in [2.24, 2.45) is 0 Å². The molecule has 9 rings (SSSR count). The highest BCUT2D eigenvalue weighted by Crippen LogP contribution is 2.38. The average Bonchev–Trinajstić information content (AvgIpc) is 4.04. The molecule has 3 aromatic heterocycles. The van der Waals surface area contributed by atoms with E-state index in [2.05, 4.69) is 162 Å². The van der Waals surface area contributed by atoms with Gasteiger partial charge in [-0.25, -0.2) is 9.97 Å². The van der Waals surface area contributed by atoms with Gasteiger partial charge in [0.15, 0.2) is 0 Å². The fourth-order valence-corrected chi connectivity index (χ4v) is 7.22. The van der Waals surface area contributed by atoms with Crippen LogP contribution in [0, 0.1) is 0 Å². The summed E-state index contributed by atoms with van der Waals surface area (Å²) in [7, 11) is 0. The van der Waals surface area contributed by atoms with Gasteiger partial charge in [0.2, 0.25) is 0 Å². The van der Waals surface area contributed by atoms with Gasteiger partial charge < -0.3 is 14.7 Å². The molecule has 0 amide bonds. The average molecular weight is 673 g/mol. The number of nitrogens with one attached hydrogen (secondary N) is 2. The number of hydrogen-bond donors (Lipinski definition) is 2. The molecule has 4 aromatic carbocycles. The van der Waals surface area contributed by atoms with Crippen molar-refractivity contribution in [2.45, 2.75) is 13.5 Å². The highest BCUT2D eigenvalue weighted by Gasteiger charge is 2.19. The maximum atomic E-state index is 5.70. The molecule has 5 nitrogen and oxygen atoms in total. The number of rotatable bonds is 7. The van der Waals surface area contributed by atoms with Crippen LogP contribution < -0.4 is 0 Å². The van der Waals surface area contributed by atoms with Crippen LogP contribution in [0.4, 0.5) is 0 Å². The van der Waals surface area contributed by atoms with Gasteiger partial charge in [-0.05, 0) is 83.3 Å². The zero-order chi connectivity index (χ0) is 34.9. The third-order valence-electron chi connectivity index (χ3n) is 9.66. The van der Waals surface area contributed by atoms with Crippen LogP contribution in [0.1, 0.15) is 35.3 Å². The minimum absolute atomic E-state index is 0.578. The molecule has 0 saturated heterocycles. The Hall–Kier alpha value is -6.56. The minimum Gasteiger partial charge on any atom is -0.377 e. The molecule has 2 N–H and O–H groups in total. The maximum Gasteiger partial charge on any atom is 0.0738 e. The predicted molar refractivity (Wildman–Crippen MR) is 216 cm³/mol. The van der Waals surface area contributed by atoms with Crippen molar-refractivity contribution < 1.29 is 4.74 Å². The van der Waals surface area contributed by atoms with Gasteiger partial charge in [0, 0.05) is 50.9 Å². The first kappa shape index (κ1) is 31.4. The molecule has 0 atom stereocenters. The lowest BCUT2D eigenvalue weighted by Crippen LogP contribution is -1.93. The van der Waals surface area contributed by atoms with E-state index in [-0.39, 0.29) is 0 Å². The number of fused-ring (bicyclic) bond motifs is 8. The Balaban J connectivity index is 1.43. The Bertz CT molecular complexity index is 2490. The molecule has 250 valence electrons. The first-order chi connectivity index (χ1) is 25.7. The van der Waals surface area contributed by atoms with Crippen molar-refractivity contribution in [3.63, 3.8) is 0 Å². The summed E-state index contributed by atoms with van der Waals surface area (Å²) in [6.45, 7) is 3.27. The van der Waals surface area contributed by atoms with E-state index >= 15 is 0 Å². The SMILES string of the molecule is CCOCc1ccc(-c2c3nc(c(-c4ccccc4)c4ccc([nH]4)c(-c4ccccc4)c4ccc([nH]4)c(-c4ccccc4)c4nc2C=C4)C=C3)cc1. The standard InChI is InChI=1S/C47H36N4O/c1-2-52-30-31-18-20-35(21-19-31)47-42-28-26-40(50-42)45(33-14-8-4-9-15-33)38-24-22-36(48-38)44(32-12-6-3-7-13-32)37-23-25-39(49-37)46(34-16-10-5-11-17-34)41-27-29-43(47)51-41/h3-29,48-49H,2,30H2,1H3. The van der Waals surface area contributed by atoms with Gasteiger partial charge in [-0.3, -0.25) is 0 Å². The molecular weight excluding hydrogens is 637 g/mol. The Labute approximate surface area is 302 Å². The molecule has 7 aromatic rings. The Morgan fingerprint density at radius 1 is 0.404 bits per heavy atom. The molecule has 0 fully saturated rings. The van der Waals surface area contributed by atoms with Crippen LogP contribution in [-0.2, 0) is 11.3 Å². The van der Waals surface area contributed by atoms with E-state index in [1.807, 2.05) is 19.1 Å². The van der Waals surface area contributed by atoms with Crippen LogP contribution in [0.15, 0.2) is 140 Å². The van der Waals surface area contributed by atoms with E-state index in [1.165, 1.54) is 0 Å². The van der Waals surface area contributed by atoms with E-state index in [0.717, 1.165) is 94.9 Å². The Morgan fingerprint density at radius 3 is 1.19 bits per heavy atom. The molecule has 5 heterocycles. The lowest BCUT2D eigenvalue weighted by atomic mass is 10.0. The van der Waals surface area contributed by atoms with Crippen LogP contribution >= 0.6 is 0 Å². The van der Waals surface area contributed by atoms with Gasteiger partial charge in [0.05, 0.1) is 29.4 Å². The molecule has 0 spiro atoms. The molecule has 5 heteroatoms. The number of ether oxygens (including phenoxy) is 1. The minimum atomic E-state index is 0.578. The summed E-state index contributed by atoms with van der Waals surface area (Å²) in [5.74, 6) is 0. The largest absolute Gasteiger partial charge is 0.377 e. The molecule has 0 saturated carbocycles. The summed E-state index contributed by atoms with van der Waals surface area (Å²) in [5.41, 5.74) is 17.1. The van der Waals surface area contributed by atoms with E-state index in [4.69, 9.17) is 14.7 Å². The predicted octanol–water partition coefficient (Wildman–Crippen LogP) is 11.9. The number of nitrogens with zero attached hydrogens (tertiary/aromatic N) is 2. The summed E-state index contributed by atoms with van der Waals surface area (Å²) in [5, 5.41) is 0. The number of H-pyrrole nitrogens is 2. The van der Waals surface area contributed by atoms with Crippen molar-refractivity contribution in [1.29, 1.82) is 0 Å². The second kappa shape index (κ2) is 13.6. The lowest BCUT2D eigenvalue weighted by Gasteiger charge is -2.08. The van der Waals surface area contributed by atoms with Gasteiger partial charge in [0.25, 0.3) is 0 Å². The maximum absolute atomic E-state index is 5.70. The molecule has 0 aliphatic carbocycles. The third kappa shape index (κ3) is 5.87. The van der Waals surface area contributed by atoms with Crippen molar-refractivity contribution in [2.75, 3.05) is 6.61 Å². The smallest absolute Gasteiger partial charge is 0.0738 e. The zero-order valence-electron chi connectivity index (χ0n) is 28.8. The molecule has 2 aliphatic rings. The number of hydrogen-bond acceptors (Lipinski definition) is 3. The van der Waals surface area contributed by atoms with Gasteiger partial charge in [-0.15, -0.1) is 0 Å². The topological polar surface area (TPSA) is 66.6 Å². The molecule has 52 heavy (non-hydrogen) atoms. The van der Waals surface area contributed by atoms with Crippen LogP contribution in [0.3, 0.4) is 0 Å². The fraction of sp³-hybridized carbons (Fsp3) is 0.0638. The number of aromatic nitrogens is 4. The fourth-order valence-electron chi connectivity index (χ4n) is 7.22. The van der Waals surface area contributed by atoms with E-state index < -0.39 is 0 Å². The van der Waals surface area contributed by atoms with E-state index in [9.17, 15) is 0 Å². The van der Waals surface area contributed by atoms with Crippen molar-refractivity contribution >= 4 is 46.4 Å². The summed E-state index contributed by atoms with van der Waals surface area (Å²) in [6.07, 6.45) is 8.50. The number of benzene rings is 4.